The first-order valence-corrected chi connectivity index (χ1v) is 6.66. The smallest absolute Gasteiger partial charge is 0.260 e. The SMILES string of the molecule is CN(CCC(N)=S)C(=O)COc1ccc(Cl)c(Cl)c1. The van der Waals surface area contributed by atoms with Gasteiger partial charge < -0.3 is 15.4 Å². The van der Waals surface area contributed by atoms with Gasteiger partial charge in [-0.3, -0.25) is 4.79 Å². The average Bonchev–Trinajstić information content (AvgIpc) is 2.36. The van der Waals surface area contributed by atoms with Gasteiger partial charge in [0.05, 0.1) is 15.0 Å². The first-order valence-electron chi connectivity index (χ1n) is 5.50. The van der Waals surface area contributed by atoms with Crippen LogP contribution < -0.4 is 10.5 Å². The minimum absolute atomic E-state index is 0.0776. The molecule has 1 aromatic rings. The lowest BCUT2D eigenvalue weighted by Crippen LogP contribution is -2.33. The van der Waals surface area contributed by atoms with Crippen LogP contribution in [-0.2, 0) is 4.79 Å². The molecule has 7 heteroatoms. The Hall–Kier alpha value is -1.04. The number of benzene rings is 1. The second-order valence-corrected chi connectivity index (χ2v) is 5.23. The minimum atomic E-state index is -0.165. The van der Waals surface area contributed by atoms with Gasteiger partial charge in [0, 0.05) is 26.1 Å². The van der Waals surface area contributed by atoms with Crippen molar-refractivity contribution in [2.24, 2.45) is 5.73 Å². The quantitative estimate of drug-likeness (QED) is 0.818. The number of ether oxygens (including phenoxy) is 1. The van der Waals surface area contributed by atoms with Crippen LogP contribution in [0.3, 0.4) is 0 Å². The highest BCUT2D eigenvalue weighted by atomic mass is 35.5. The Morgan fingerprint density at radius 3 is 2.68 bits per heavy atom. The third-order valence-electron chi connectivity index (χ3n) is 2.37. The van der Waals surface area contributed by atoms with Gasteiger partial charge in [-0.05, 0) is 12.1 Å². The lowest BCUT2D eigenvalue weighted by atomic mass is 10.3. The van der Waals surface area contributed by atoms with Crippen LogP contribution in [-0.4, -0.2) is 36.0 Å². The third-order valence-corrected chi connectivity index (χ3v) is 3.32. The number of carbonyl (C=O) groups excluding carboxylic acids is 1. The van der Waals surface area contributed by atoms with Crippen LogP contribution in [0, 0.1) is 0 Å². The van der Waals surface area contributed by atoms with Gasteiger partial charge in [-0.15, -0.1) is 0 Å². The molecule has 0 heterocycles. The van der Waals surface area contributed by atoms with Crippen LogP contribution >= 0.6 is 35.4 Å². The van der Waals surface area contributed by atoms with Gasteiger partial charge in [0.2, 0.25) is 0 Å². The van der Waals surface area contributed by atoms with Gasteiger partial charge in [0.25, 0.3) is 5.91 Å². The number of rotatable bonds is 6. The molecule has 1 aromatic carbocycles. The second kappa shape index (κ2) is 7.53. The summed E-state index contributed by atoms with van der Waals surface area (Å²) >= 11 is 16.4. The van der Waals surface area contributed by atoms with Gasteiger partial charge in [-0.25, -0.2) is 0 Å². The van der Waals surface area contributed by atoms with Crippen molar-refractivity contribution in [3.8, 4) is 5.75 Å². The van der Waals surface area contributed by atoms with Crippen molar-refractivity contribution in [2.45, 2.75) is 6.42 Å². The van der Waals surface area contributed by atoms with E-state index in [4.69, 9.17) is 45.9 Å². The first-order chi connectivity index (χ1) is 8.90. The molecule has 0 atom stereocenters. The Labute approximate surface area is 127 Å². The van der Waals surface area contributed by atoms with E-state index in [9.17, 15) is 4.79 Å². The van der Waals surface area contributed by atoms with Crippen LogP contribution in [0.4, 0.5) is 0 Å². The fourth-order valence-electron chi connectivity index (χ4n) is 1.22. The van der Waals surface area contributed by atoms with E-state index in [1.165, 1.54) is 4.90 Å². The van der Waals surface area contributed by atoms with Crippen LogP contribution in [0.2, 0.25) is 10.0 Å². The van der Waals surface area contributed by atoms with E-state index >= 15 is 0 Å². The molecule has 0 aliphatic heterocycles. The zero-order valence-electron chi connectivity index (χ0n) is 10.4. The summed E-state index contributed by atoms with van der Waals surface area (Å²) in [6, 6.07) is 4.82. The highest BCUT2D eigenvalue weighted by Gasteiger charge is 2.10. The van der Waals surface area contributed by atoms with Crippen LogP contribution in [0.1, 0.15) is 6.42 Å². The van der Waals surface area contributed by atoms with E-state index in [-0.39, 0.29) is 12.5 Å². The van der Waals surface area contributed by atoms with Gasteiger partial charge in [-0.1, -0.05) is 35.4 Å². The fourth-order valence-corrected chi connectivity index (χ4v) is 1.60. The molecule has 4 nitrogen and oxygen atoms in total. The van der Waals surface area contributed by atoms with Crippen LogP contribution in [0.5, 0.6) is 5.75 Å². The van der Waals surface area contributed by atoms with Crippen molar-refractivity contribution in [3.63, 3.8) is 0 Å². The maximum atomic E-state index is 11.7. The average molecular weight is 321 g/mol. The summed E-state index contributed by atoms with van der Waals surface area (Å²) in [5, 5.41) is 0.822. The number of nitrogens with two attached hydrogens (primary N) is 1. The molecule has 0 aliphatic rings. The summed E-state index contributed by atoms with van der Waals surface area (Å²) in [6.45, 7) is 0.394. The molecule has 0 unspecified atom stereocenters. The molecule has 0 bridgehead atoms. The molecule has 0 aliphatic carbocycles. The van der Waals surface area contributed by atoms with Crippen molar-refractivity contribution in [2.75, 3.05) is 20.2 Å². The maximum Gasteiger partial charge on any atom is 0.260 e. The zero-order chi connectivity index (χ0) is 14.4. The van der Waals surface area contributed by atoms with Crippen molar-refractivity contribution in [1.82, 2.24) is 4.90 Å². The molecule has 0 saturated heterocycles. The molecule has 19 heavy (non-hydrogen) atoms. The van der Waals surface area contributed by atoms with E-state index in [0.29, 0.717) is 33.7 Å². The molecule has 0 radical (unpaired) electrons. The number of nitrogens with zero attached hydrogens (tertiary/aromatic N) is 1. The zero-order valence-corrected chi connectivity index (χ0v) is 12.7. The molecular formula is C12H14Cl2N2O2S. The summed E-state index contributed by atoms with van der Waals surface area (Å²) in [6.07, 6.45) is 0.490. The van der Waals surface area contributed by atoms with Crippen molar-refractivity contribution < 1.29 is 9.53 Å². The predicted molar refractivity (Wildman–Crippen MR) is 81.0 cm³/mol. The largest absolute Gasteiger partial charge is 0.484 e. The molecule has 1 amide bonds. The lowest BCUT2D eigenvalue weighted by molar-refractivity contribution is -0.131. The van der Waals surface area contributed by atoms with Gasteiger partial charge in [0.1, 0.15) is 5.75 Å². The Bertz CT molecular complexity index is 483. The Morgan fingerprint density at radius 1 is 1.42 bits per heavy atom. The van der Waals surface area contributed by atoms with Gasteiger partial charge >= 0.3 is 0 Å². The second-order valence-electron chi connectivity index (χ2n) is 3.90. The highest BCUT2D eigenvalue weighted by Crippen LogP contribution is 2.26. The summed E-state index contributed by atoms with van der Waals surface area (Å²) < 4.78 is 5.33. The molecule has 0 fully saturated rings. The number of hydrogen-bond acceptors (Lipinski definition) is 3. The molecular weight excluding hydrogens is 307 g/mol. The Balaban J connectivity index is 2.44. The van der Waals surface area contributed by atoms with Crippen molar-refractivity contribution in [1.29, 1.82) is 0 Å². The topological polar surface area (TPSA) is 55.6 Å². The Kier molecular flexibility index (Phi) is 6.34. The molecule has 1 rings (SSSR count). The molecule has 0 spiro atoms. The third kappa shape index (κ3) is 5.63. The predicted octanol–water partition coefficient (Wildman–Crippen LogP) is 2.51. The van der Waals surface area contributed by atoms with Crippen molar-refractivity contribution >= 4 is 46.3 Å². The van der Waals surface area contributed by atoms with E-state index in [1.54, 1.807) is 25.2 Å². The summed E-state index contributed by atoms with van der Waals surface area (Å²) in [7, 11) is 1.67. The van der Waals surface area contributed by atoms with Gasteiger partial charge in [0.15, 0.2) is 6.61 Å². The lowest BCUT2D eigenvalue weighted by Gasteiger charge is -2.17. The summed E-state index contributed by atoms with van der Waals surface area (Å²) in [5.74, 6) is 0.327. The maximum absolute atomic E-state index is 11.7. The van der Waals surface area contributed by atoms with E-state index < -0.39 is 0 Å². The van der Waals surface area contributed by atoms with Gasteiger partial charge in [-0.2, -0.15) is 0 Å². The van der Waals surface area contributed by atoms with Crippen LogP contribution in [0.25, 0.3) is 0 Å². The summed E-state index contributed by atoms with van der Waals surface area (Å²) in [4.78, 5) is 13.6. The first kappa shape index (κ1) is 16.0. The van der Waals surface area contributed by atoms with E-state index in [0.717, 1.165) is 0 Å². The number of thiocarbonyl (C=S) groups is 1. The number of carbonyl (C=O) groups is 1. The molecule has 0 saturated carbocycles. The number of likely N-dealkylation sites (N-methyl/N-ethyl adjacent to an activating group) is 1. The fraction of sp³-hybridized carbons (Fsp3) is 0.333. The van der Waals surface area contributed by atoms with E-state index in [1.807, 2.05) is 0 Å². The molecule has 0 aromatic heterocycles. The Morgan fingerprint density at radius 2 is 2.11 bits per heavy atom. The van der Waals surface area contributed by atoms with E-state index in [2.05, 4.69) is 0 Å². The van der Waals surface area contributed by atoms with Crippen molar-refractivity contribution in [3.05, 3.63) is 28.2 Å². The molecule has 104 valence electrons. The normalized spacial score (nSPS) is 10.1. The monoisotopic (exact) mass is 320 g/mol. The number of hydrogen-bond donors (Lipinski definition) is 1. The highest BCUT2D eigenvalue weighted by molar-refractivity contribution is 7.80. The molecule has 2 N–H and O–H groups in total. The number of amides is 1. The van der Waals surface area contributed by atoms with Crippen LogP contribution in [0.15, 0.2) is 18.2 Å². The summed E-state index contributed by atoms with van der Waals surface area (Å²) in [5.41, 5.74) is 5.37. The minimum Gasteiger partial charge on any atom is -0.484 e. The standard InChI is InChI=1S/C12H14Cl2N2O2S/c1-16(5-4-11(15)19)12(17)7-18-8-2-3-9(13)10(14)6-8/h2-3,6H,4-5,7H2,1H3,(H2,15,19). The number of halogens is 2.